The smallest absolute Gasteiger partial charge is 0.315 e. The topological polar surface area (TPSA) is 108 Å². The van der Waals surface area contributed by atoms with E-state index < -0.39 is 4.92 Å². The van der Waals surface area contributed by atoms with Crippen LogP contribution in [-0.2, 0) is 0 Å². The van der Waals surface area contributed by atoms with Crippen LogP contribution in [0.2, 0.25) is 0 Å². The number of nitrogens with zero attached hydrogens (tertiary/aromatic N) is 4. The van der Waals surface area contributed by atoms with Crippen LogP contribution in [-0.4, -0.2) is 39.7 Å². The van der Waals surface area contributed by atoms with Crippen LogP contribution in [0.25, 0.3) is 0 Å². The van der Waals surface area contributed by atoms with Crippen LogP contribution in [0.5, 0.6) is 11.5 Å². The molecule has 0 radical (unpaired) electrons. The van der Waals surface area contributed by atoms with Crippen molar-refractivity contribution in [2.45, 2.75) is 57.8 Å². The van der Waals surface area contributed by atoms with E-state index in [0.29, 0.717) is 28.6 Å². The van der Waals surface area contributed by atoms with Gasteiger partial charge in [-0.1, -0.05) is 32.6 Å². The Morgan fingerprint density at radius 2 is 2.17 bits per heavy atom. The molecule has 0 atom stereocenters. The summed E-state index contributed by atoms with van der Waals surface area (Å²) in [5.41, 5.74) is 0.356. The average Bonchev–Trinajstić information content (AvgIpc) is 3.13. The Kier molecular flexibility index (Phi) is 7.56. The van der Waals surface area contributed by atoms with E-state index >= 15 is 0 Å². The molecule has 1 fully saturated rings. The molecule has 0 saturated heterocycles. The van der Waals surface area contributed by atoms with Gasteiger partial charge in [-0.15, -0.1) is 0 Å². The molecule has 1 aromatic carbocycles. The fraction of sp³-hybridized carbons (Fsp3) is 0.550. The minimum Gasteiger partial charge on any atom is -0.493 e. The number of H-pyrrole nitrogens is 1. The molecular formula is C20H27N5O4S. The molecule has 1 saturated carbocycles. The number of rotatable bonds is 9. The molecule has 0 amide bonds. The normalized spacial score (nSPS) is 14.9. The molecule has 1 aliphatic carbocycles. The number of nitro groups is 1. The second-order valence-corrected chi connectivity index (χ2v) is 7.70. The Balaban J connectivity index is 1.92. The molecule has 30 heavy (non-hydrogen) atoms. The average molecular weight is 434 g/mol. The number of unbranched alkanes of at least 4 members (excludes halogenated alkanes) is 1. The van der Waals surface area contributed by atoms with Crippen LogP contribution in [0.1, 0.15) is 69.2 Å². The van der Waals surface area contributed by atoms with Gasteiger partial charge in [-0.2, -0.15) is 14.9 Å². The van der Waals surface area contributed by atoms with E-state index in [1.54, 1.807) is 10.7 Å². The lowest BCUT2D eigenvalue weighted by molar-refractivity contribution is -0.386. The lowest BCUT2D eigenvalue weighted by Gasteiger charge is -2.19. The van der Waals surface area contributed by atoms with Crippen LogP contribution in [0.15, 0.2) is 17.2 Å². The summed E-state index contributed by atoms with van der Waals surface area (Å²) >= 11 is 5.33. The fourth-order valence-electron chi connectivity index (χ4n) is 3.60. The largest absolute Gasteiger partial charge is 0.493 e. The predicted octanol–water partition coefficient (Wildman–Crippen LogP) is 4.97. The minimum atomic E-state index is -0.474. The summed E-state index contributed by atoms with van der Waals surface area (Å²) in [6.07, 6.45) is 8.93. The third kappa shape index (κ3) is 5.05. The summed E-state index contributed by atoms with van der Waals surface area (Å²) in [7, 11) is 1.46. The van der Waals surface area contributed by atoms with Gasteiger partial charge in [0, 0.05) is 17.5 Å². The van der Waals surface area contributed by atoms with Gasteiger partial charge in [-0.05, 0) is 37.5 Å². The van der Waals surface area contributed by atoms with Gasteiger partial charge < -0.3 is 9.47 Å². The third-order valence-corrected chi connectivity index (χ3v) is 5.45. The molecule has 1 aliphatic rings. The van der Waals surface area contributed by atoms with Gasteiger partial charge in [0.2, 0.25) is 10.5 Å². The summed E-state index contributed by atoms with van der Waals surface area (Å²) in [5.74, 6) is 1.54. The van der Waals surface area contributed by atoms with Crippen molar-refractivity contribution >= 4 is 24.1 Å². The molecule has 0 aliphatic heterocycles. The molecule has 2 aromatic rings. The van der Waals surface area contributed by atoms with Crippen LogP contribution < -0.4 is 9.47 Å². The first-order valence-electron chi connectivity index (χ1n) is 10.3. The second kappa shape index (κ2) is 10.3. The number of nitro benzene ring substituents is 1. The van der Waals surface area contributed by atoms with Crippen molar-refractivity contribution in [2.75, 3.05) is 13.7 Å². The first kappa shape index (κ1) is 21.9. The molecule has 10 heteroatoms. The monoisotopic (exact) mass is 433 g/mol. The molecule has 1 heterocycles. The van der Waals surface area contributed by atoms with Crippen molar-refractivity contribution < 1.29 is 14.4 Å². The second-order valence-electron chi connectivity index (χ2n) is 7.31. The highest BCUT2D eigenvalue weighted by Gasteiger charge is 2.23. The summed E-state index contributed by atoms with van der Waals surface area (Å²) in [6.45, 7) is 2.41. The van der Waals surface area contributed by atoms with Crippen molar-refractivity contribution in [3.8, 4) is 11.5 Å². The first-order valence-corrected chi connectivity index (χ1v) is 10.7. The molecule has 3 rings (SSSR count). The number of methoxy groups -OCH3 is 1. The van der Waals surface area contributed by atoms with Crippen molar-refractivity contribution in [3.63, 3.8) is 0 Å². The SMILES string of the molecule is CCCCOc1c(OC)cc(/C=N\n2c(C3CCCCC3)n[nH]c2=S)cc1[N+](=O)[O-]. The Bertz CT molecular complexity index is 963. The maximum absolute atomic E-state index is 11.6. The van der Waals surface area contributed by atoms with E-state index in [0.717, 1.165) is 44.3 Å². The number of hydrogen-bond donors (Lipinski definition) is 1. The number of nitrogens with one attached hydrogen (secondary N) is 1. The lowest BCUT2D eigenvalue weighted by Crippen LogP contribution is -2.10. The van der Waals surface area contributed by atoms with Crippen molar-refractivity contribution in [3.05, 3.63) is 38.4 Å². The van der Waals surface area contributed by atoms with E-state index in [1.165, 1.54) is 25.8 Å². The molecule has 9 nitrogen and oxygen atoms in total. The molecule has 0 unspecified atom stereocenters. The molecule has 162 valence electrons. The van der Waals surface area contributed by atoms with Crippen LogP contribution in [0.4, 0.5) is 5.69 Å². The highest BCUT2D eigenvalue weighted by atomic mass is 32.1. The highest BCUT2D eigenvalue weighted by Crippen LogP contribution is 2.38. The Hall–Kier alpha value is -2.75. The van der Waals surface area contributed by atoms with Gasteiger partial charge in [-0.3, -0.25) is 15.2 Å². The Morgan fingerprint density at radius 1 is 1.40 bits per heavy atom. The number of benzene rings is 1. The highest BCUT2D eigenvalue weighted by molar-refractivity contribution is 7.71. The van der Waals surface area contributed by atoms with Gasteiger partial charge in [0.1, 0.15) is 0 Å². The number of aromatic nitrogens is 3. The van der Waals surface area contributed by atoms with Gasteiger partial charge in [0.25, 0.3) is 0 Å². The van der Waals surface area contributed by atoms with Gasteiger partial charge >= 0.3 is 5.69 Å². The maximum Gasteiger partial charge on any atom is 0.315 e. The quantitative estimate of drug-likeness (QED) is 0.197. The minimum absolute atomic E-state index is 0.135. The van der Waals surface area contributed by atoms with Crippen LogP contribution in [0.3, 0.4) is 0 Å². The zero-order valence-corrected chi connectivity index (χ0v) is 18.1. The van der Waals surface area contributed by atoms with Crippen molar-refractivity contribution in [1.29, 1.82) is 0 Å². The first-order chi connectivity index (χ1) is 14.5. The molecular weight excluding hydrogens is 406 g/mol. The van der Waals surface area contributed by atoms with E-state index in [1.807, 2.05) is 6.92 Å². The van der Waals surface area contributed by atoms with Crippen LogP contribution in [0, 0.1) is 14.9 Å². The zero-order chi connectivity index (χ0) is 21.5. The Morgan fingerprint density at radius 3 is 2.83 bits per heavy atom. The summed E-state index contributed by atoms with van der Waals surface area (Å²) in [4.78, 5) is 11.1. The third-order valence-electron chi connectivity index (χ3n) is 5.19. The lowest BCUT2D eigenvalue weighted by atomic mass is 9.89. The van der Waals surface area contributed by atoms with E-state index in [9.17, 15) is 10.1 Å². The van der Waals surface area contributed by atoms with Gasteiger partial charge in [0.15, 0.2) is 11.6 Å². The van der Waals surface area contributed by atoms with E-state index in [-0.39, 0.29) is 11.4 Å². The van der Waals surface area contributed by atoms with E-state index in [2.05, 4.69) is 15.3 Å². The summed E-state index contributed by atoms with van der Waals surface area (Å²) in [5, 5.41) is 23.3. The van der Waals surface area contributed by atoms with Gasteiger partial charge in [0.05, 0.1) is 24.9 Å². The number of ether oxygens (including phenoxy) is 2. The molecule has 1 aromatic heterocycles. The zero-order valence-electron chi connectivity index (χ0n) is 17.3. The van der Waals surface area contributed by atoms with Gasteiger partial charge in [-0.25, -0.2) is 0 Å². The molecule has 0 spiro atoms. The molecule has 0 bridgehead atoms. The molecule has 1 N–H and O–H groups in total. The summed E-state index contributed by atoms with van der Waals surface area (Å²) < 4.78 is 13.0. The number of aromatic amines is 1. The fourth-order valence-corrected chi connectivity index (χ4v) is 3.78. The summed E-state index contributed by atoms with van der Waals surface area (Å²) in [6, 6.07) is 3.10. The van der Waals surface area contributed by atoms with Crippen molar-refractivity contribution in [2.24, 2.45) is 5.10 Å². The van der Waals surface area contributed by atoms with E-state index in [4.69, 9.17) is 21.7 Å². The maximum atomic E-state index is 11.6. The van der Waals surface area contributed by atoms with Crippen molar-refractivity contribution in [1.82, 2.24) is 14.9 Å². The van der Waals surface area contributed by atoms with Crippen LogP contribution >= 0.6 is 12.2 Å². The predicted molar refractivity (Wildman–Crippen MR) is 116 cm³/mol. The standard InChI is InChI=1S/C20H27N5O4S/c1-3-4-10-29-18-16(25(26)27)11-14(12-17(18)28-2)13-21-24-19(22-23-20(24)30)15-8-6-5-7-9-15/h11-13,15H,3-10H2,1-2H3,(H,23,30)/b21-13-. The number of hydrogen-bond acceptors (Lipinski definition) is 7. The Labute approximate surface area is 180 Å².